The van der Waals surface area contributed by atoms with Gasteiger partial charge in [-0.1, -0.05) is 24.3 Å². The Labute approximate surface area is 140 Å². The van der Waals surface area contributed by atoms with Crippen molar-refractivity contribution < 1.29 is 14.3 Å². The van der Waals surface area contributed by atoms with Crippen LogP contribution in [0.5, 0.6) is 0 Å². The van der Waals surface area contributed by atoms with Crippen molar-refractivity contribution in [3.63, 3.8) is 0 Å². The molecule has 1 heterocycles. The van der Waals surface area contributed by atoms with Gasteiger partial charge in [-0.05, 0) is 36.5 Å². The molecule has 0 bridgehead atoms. The normalized spacial score (nSPS) is 11.0. The van der Waals surface area contributed by atoms with Crippen LogP contribution in [-0.4, -0.2) is 27.1 Å². The van der Waals surface area contributed by atoms with E-state index in [9.17, 15) is 14.3 Å². The van der Waals surface area contributed by atoms with Gasteiger partial charge in [0.2, 0.25) is 4.77 Å². The maximum atomic E-state index is 13.1. The van der Waals surface area contributed by atoms with Crippen molar-refractivity contribution in [2.24, 2.45) is 5.10 Å². The summed E-state index contributed by atoms with van der Waals surface area (Å²) in [7, 11) is 0. The van der Waals surface area contributed by atoms with Crippen molar-refractivity contribution in [2.75, 3.05) is 0 Å². The van der Waals surface area contributed by atoms with E-state index in [0.29, 0.717) is 17.0 Å². The molecule has 3 aromatic rings. The van der Waals surface area contributed by atoms with Gasteiger partial charge in [0, 0.05) is 16.7 Å². The van der Waals surface area contributed by atoms with Gasteiger partial charge in [0.15, 0.2) is 5.82 Å². The lowest BCUT2D eigenvalue weighted by molar-refractivity contribution is -0.255. The minimum Gasteiger partial charge on any atom is -0.545 e. The first-order valence-corrected chi connectivity index (χ1v) is 7.25. The second-order valence-electron chi connectivity index (χ2n) is 4.79. The van der Waals surface area contributed by atoms with Gasteiger partial charge in [0.25, 0.3) is 0 Å². The van der Waals surface area contributed by atoms with Crippen LogP contribution in [0.3, 0.4) is 0 Å². The quantitative estimate of drug-likeness (QED) is 0.581. The minimum absolute atomic E-state index is 0.0135. The van der Waals surface area contributed by atoms with Crippen LogP contribution in [0.25, 0.3) is 11.4 Å². The highest BCUT2D eigenvalue weighted by Gasteiger charge is 2.08. The van der Waals surface area contributed by atoms with E-state index in [1.807, 2.05) is 0 Å². The SMILES string of the molecule is O=C([O-])c1ccccc1/C=N\n1c(-c2ccc(F)cc2)n[nH]c1=S. The van der Waals surface area contributed by atoms with Crippen molar-refractivity contribution in [3.05, 3.63) is 70.2 Å². The highest BCUT2D eigenvalue weighted by atomic mass is 32.1. The fourth-order valence-electron chi connectivity index (χ4n) is 2.10. The molecule has 8 heteroatoms. The van der Waals surface area contributed by atoms with Crippen molar-refractivity contribution in [3.8, 4) is 11.4 Å². The van der Waals surface area contributed by atoms with Crippen LogP contribution in [0.2, 0.25) is 0 Å². The topological polar surface area (TPSA) is 86.1 Å². The van der Waals surface area contributed by atoms with Gasteiger partial charge < -0.3 is 9.90 Å². The Bertz CT molecular complexity index is 976. The number of carboxylic acids is 1. The molecular weight excluding hydrogens is 331 g/mol. The number of halogens is 1. The predicted octanol–water partition coefficient (Wildman–Crippen LogP) is 1.99. The Kier molecular flexibility index (Phi) is 4.30. The zero-order chi connectivity index (χ0) is 17.1. The average molecular weight is 341 g/mol. The highest BCUT2D eigenvalue weighted by molar-refractivity contribution is 7.71. The van der Waals surface area contributed by atoms with Crippen LogP contribution in [0.15, 0.2) is 53.6 Å². The van der Waals surface area contributed by atoms with Crippen LogP contribution >= 0.6 is 12.2 Å². The van der Waals surface area contributed by atoms with Crippen LogP contribution in [-0.2, 0) is 0 Å². The van der Waals surface area contributed by atoms with Crippen LogP contribution < -0.4 is 5.11 Å². The van der Waals surface area contributed by atoms with Gasteiger partial charge in [-0.25, -0.2) is 9.49 Å². The number of rotatable bonds is 4. The second-order valence-corrected chi connectivity index (χ2v) is 5.18. The summed E-state index contributed by atoms with van der Waals surface area (Å²) in [6.45, 7) is 0. The molecule has 1 N–H and O–H groups in total. The van der Waals surface area contributed by atoms with E-state index >= 15 is 0 Å². The van der Waals surface area contributed by atoms with Gasteiger partial charge >= 0.3 is 0 Å². The lowest BCUT2D eigenvalue weighted by atomic mass is 10.1. The fourth-order valence-corrected chi connectivity index (χ4v) is 2.28. The maximum Gasteiger partial charge on any atom is 0.216 e. The lowest BCUT2D eigenvalue weighted by Gasteiger charge is -2.06. The Morgan fingerprint density at radius 2 is 1.96 bits per heavy atom. The molecule has 0 radical (unpaired) electrons. The zero-order valence-electron chi connectivity index (χ0n) is 12.1. The number of aromatic nitrogens is 3. The standard InChI is InChI=1S/C16H11FN4O2S/c17-12-7-5-10(6-8-12)14-19-20-16(24)21(14)18-9-11-3-1-2-4-13(11)15(22)23/h1-9H,(H,20,24)(H,22,23)/p-1/b18-9-. The summed E-state index contributed by atoms with van der Waals surface area (Å²) in [5.41, 5.74) is 0.985. The first-order chi connectivity index (χ1) is 11.6. The van der Waals surface area contributed by atoms with E-state index in [2.05, 4.69) is 15.3 Å². The molecule has 0 atom stereocenters. The molecule has 0 aliphatic heterocycles. The number of hydrogen-bond acceptors (Lipinski definition) is 5. The Hall–Kier alpha value is -3.13. The molecular formula is C16H10FN4O2S-. The summed E-state index contributed by atoms with van der Waals surface area (Å²) in [6, 6.07) is 12.0. The predicted molar refractivity (Wildman–Crippen MR) is 86.6 cm³/mol. The molecule has 1 aromatic heterocycles. The molecule has 0 aliphatic carbocycles. The molecule has 24 heavy (non-hydrogen) atoms. The van der Waals surface area contributed by atoms with Gasteiger partial charge in [-0.2, -0.15) is 14.9 Å². The molecule has 3 rings (SSSR count). The van der Waals surface area contributed by atoms with Gasteiger partial charge in [-0.3, -0.25) is 0 Å². The van der Waals surface area contributed by atoms with Crippen molar-refractivity contribution >= 4 is 24.4 Å². The summed E-state index contributed by atoms with van der Waals surface area (Å²) in [4.78, 5) is 11.1. The lowest BCUT2D eigenvalue weighted by Crippen LogP contribution is -2.23. The number of carbonyl (C=O) groups excluding carboxylic acids is 1. The largest absolute Gasteiger partial charge is 0.545 e. The third kappa shape index (κ3) is 3.13. The number of hydrogen-bond donors (Lipinski definition) is 1. The molecule has 0 amide bonds. The third-order valence-electron chi connectivity index (χ3n) is 3.25. The number of benzene rings is 2. The third-order valence-corrected chi connectivity index (χ3v) is 3.51. The van der Waals surface area contributed by atoms with E-state index in [1.165, 1.54) is 29.1 Å². The van der Waals surface area contributed by atoms with Crippen LogP contribution in [0.1, 0.15) is 15.9 Å². The molecule has 120 valence electrons. The summed E-state index contributed by atoms with van der Waals surface area (Å²) >= 11 is 5.13. The molecule has 6 nitrogen and oxygen atoms in total. The van der Waals surface area contributed by atoms with Crippen molar-refractivity contribution in [2.45, 2.75) is 0 Å². The summed E-state index contributed by atoms with van der Waals surface area (Å²) in [6.07, 6.45) is 1.35. The number of nitrogens with zero attached hydrogens (tertiary/aromatic N) is 3. The van der Waals surface area contributed by atoms with Gasteiger partial charge in [0.05, 0.1) is 12.2 Å². The molecule has 0 fully saturated rings. The van der Waals surface area contributed by atoms with E-state index in [1.54, 1.807) is 30.3 Å². The summed E-state index contributed by atoms with van der Waals surface area (Å²) < 4.78 is 14.6. The molecule has 0 saturated heterocycles. The minimum atomic E-state index is -1.30. The Morgan fingerprint density at radius 3 is 2.67 bits per heavy atom. The van der Waals surface area contributed by atoms with E-state index in [-0.39, 0.29) is 16.2 Å². The zero-order valence-corrected chi connectivity index (χ0v) is 13.0. The highest BCUT2D eigenvalue weighted by Crippen LogP contribution is 2.17. The number of carboxylic acid groups (broad SMARTS) is 1. The van der Waals surface area contributed by atoms with Crippen LogP contribution in [0, 0.1) is 10.6 Å². The Balaban J connectivity index is 2.03. The molecule has 2 aromatic carbocycles. The molecule has 0 spiro atoms. The van der Waals surface area contributed by atoms with Crippen molar-refractivity contribution in [1.82, 2.24) is 14.9 Å². The summed E-state index contributed by atoms with van der Waals surface area (Å²) in [5, 5.41) is 22.0. The van der Waals surface area contributed by atoms with Crippen LogP contribution in [0.4, 0.5) is 4.39 Å². The first kappa shape index (κ1) is 15.8. The van der Waals surface area contributed by atoms with E-state index in [0.717, 1.165) is 0 Å². The number of nitrogens with one attached hydrogen (secondary N) is 1. The van der Waals surface area contributed by atoms with Crippen molar-refractivity contribution in [1.29, 1.82) is 0 Å². The van der Waals surface area contributed by atoms with Gasteiger partial charge in [0.1, 0.15) is 5.82 Å². The average Bonchev–Trinajstić information content (AvgIpc) is 2.94. The monoisotopic (exact) mass is 341 g/mol. The number of H-pyrrole nitrogens is 1. The molecule has 0 saturated carbocycles. The fraction of sp³-hybridized carbons (Fsp3) is 0. The molecule has 0 unspecified atom stereocenters. The van der Waals surface area contributed by atoms with E-state index in [4.69, 9.17) is 12.2 Å². The number of aromatic carboxylic acids is 1. The maximum absolute atomic E-state index is 13.1. The smallest absolute Gasteiger partial charge is 0.216 e. The first-order valence-electron chi connectivity index (χ1n) is 6.84. The summed E-state index contributed by atoms with van der Waals surface area (Å²) in [5.74, 6) is -1.29. The number of aromatic amines is 1. The van der Waals surface area contributed by atoms with E-state index < -0.39 is 5.97 Å². The van der Waals surface area contributed by atoms with Gasteiger partial charge in [-0.15, -0.1) is 0 Å². The number of carbonyl (C=O) groups is 1. The Morgan fingerprint density at radius 1 is 1.25 bits per heavy atom. The molecule has 0 aliphatic rings. The second kappa shape index (κ2) is 6.55.